The first kappa shape index (κ1) is 18.8. The van der Waals surface area contributed by atoms with Crippen molar-refractivity contribution in [1.29, 1.82) is 0 Å². The summed E-state index contributed by atoms with van der Waals surface area (Å²) in [5, 5.41) is 11.0. The number of phenolic OH excluding ortho intramolecular Hbond substituents is 1. The summed E-state index contributed by atoms with van der Waals surface area (Å²) < 4.78 is 14.1. The van der Waals surface area contributed by atoms with Gasteiger partial charge in [0, 0.05) is 5.39 Å². The highest BCUT2D eigenvalue weighted by atomic mass is 19.1. The lowest BCUT2D eigenvalue weighted by atomic mass is 9.68. The summed E-state index contributed by atoms with van der Waals surface area (Å²) in [7, 11) is 0. The molecule has 1 N–H and O–H groups in total. The fraction of sp³-hybridized carbons (Fsp3) is 0.600. The van der Waals surface area contributed by atoms with Gasteiger partial charge in [-0.1, -0.05) is 56.9 Å². The quantitative estimate of drug-likeness (QED) is 0.590. The van der Waals surface area contributed by atoms with Crippen molar-refractivity contribution in [3.63, 3.8) is 0 Å². The lowest BCUT2D eigenvalue weighted by molar-refractivity contribution is 0.156. The van der Waals surface area contributed by atoms with E-state index in [-0.39, 0.29) is 5.75 Å². The van der Waals surface area contributed by atoms with Gasteiger partial charge in [0.15, 0.2) is 11.6 Å². The predicted octanol–water partition coefficient (Wildman–Crippen LogP) is 7.56. The molecule has 2 saturated carbocycles. The highest BCUT2D eigenvalue weighted by Crippen LogP contribution is 2.44. The van der Waals surface area contributed by atoms with Gasteiger partial charge in [0.2, 0.25) is 0 Å². The molecule has 0 saturated heterocycles. The second kappa shape index (κ2) is 8.20. The van der Waals surface area contributed by atoms with Gasteiger partial charge in [-0.05, 0) is 79.2 Å². The van der Waals surface area contributed by atoms with Crippen LogP contribution in [0.2, 0.25) is 0 Å². The highest BCUT2D eigenvalue weighted by molar-refractivity contribution is 5.85. The second-order valence-corrected chi connectivity index (χ2v) is 9.06. The first-order valence-electron chi connectivity index (χ1n) is 11.1. The van der Waals surface area contributed by atoms with Crippen molar-refractivity contribution >= 4 is 10.8 Å². The van der Waals surface area contributed by atoms with Gasteiger partial charge >= 0.3 is 0 Å². The summed E-state index contributed by atoms with van der Waals surface area (Å²) in [6.07, 6.45) is 13.9. The number of fused-ring (bicyclic) bond motifs is 1. The average Bonchev–Trinajstić information content (AvgIpc) is 2.72. The summed E-state index contributed by atoms with van der Waals surface area (Å²) >= 11 is 0. The lowest BCUT2D eigenvalue weighted by Gasteiger charge is -2.38. The van der Waals surface area contributed by atoms with Crippen LogP contribution in [-0.2, 0) is 0 Å². The van der Waals surface area contributed by atoms with Crippen molar-refractivity contribution in [2.45, 2.75) is 77.0 Å². The zero-order valence-electron chi connectivity index (χ0n) is 16.6. The van der Waals surface area contributed by atoms with Crippen LogP contribution in [-0.4, -0.2) is 5.11 Å². The molecule has 2 heteroatoms. The van der Waals surface area contributed by atoms with Gasteiger partial charge in [-0.25, -0.2) is 4.39 Å². The first-order chi connectivity index (χ1) is 13.2. The monoisotopic (exact) mass is 368 g/mol. The topological polar surface area (TPSA) is 20.2 Å². The first-order valence-corrected chi connectivity index (χ1v) is 11.1. The molecular formula is C25H33FO. The average molecular weight is 369 g/mol. The minimum atomic E-state index is -0.499. The molecular weight excluding hydrogens is 335 g/mol. The maximum Gasteiger partial charge on any atom is 0.172 e. The van der Waals surface area contributed by atoms with E-state index in [2.05, 4.69) is 19.1 Å². The Morgan fingerprint density at radius 1 is 0.889 bits per heavy atom. The van der Waals surface area contributed by atoms with E-state index in [0.717, 1.165) is 23.1 Å². The second-order valence-electron chi connectivity index (χ2n) is 9.06. The van der Waals surface area contributed by atoms with Crippen LogP contribution in [0.15, 0.2) is 30.3 Å². The standard InChI is InChI=1S/C25H33FO/c1-2-3-17-4-6-18(7-5-17)19-8-10-20(11-9-19)21-12-14-23-22(16-21)13-15-24(27)25(23)26/h12-20,27H,2-11H2,1H3. The van der Waals surface area contributed by atoms with E-state index >= 15 is 0 Å². The molecule has 0 heterocycles. The third kappa shape index (κ3) is 4.00. The van der Waals surface area contributed by atoms with Crippen molar-refractivity contribution in [3.8, 4) is 5.75 Å². The summed E-state index contributed by atoms with van der Waals surface area (Å²) in [6, 6.07) is 9.36. The molecule has 2 aliphatic carbocycles. The molecule has 2 aromatic rings. The molecule has 0 bridgehead atoms. The van der Waals surface area contributed by atoms with Gasteiger partial charge < -0.3 is 5.11 Å². The number of rotatable bonds is 4. The zero-order chi connectivity index (χ0) is 18.8. The van der Waals surface area contributed by atoms with Crippen molar-refractivity contribution in [2.24, 2.45) is 17.8 Å². The zero-order valence-corrected chi connectivity index (χ0v) is 16.6. The van der Waals surface area contributed by atoms with E-state index in [1.54, 1.807) is 0 Å². The molecule has 0 atom stereocenters. The molecule has 0 radical (unpaired) electrons. The normalized spacial score (nSPS) is 29.1. The van der Waals surface area contributed by atoms with Crippen molar-refractivity contribution in [1.82, 2.24) is 0 Å². The summed E-state index contributed by atoms with van der Waals surface area (Å²) in [6.45, 7) is 2.32. The Labute approximate surface area is 163 Å². The van der Waals surface area contributed by atoms with Gasteiger partial charge in [-0.2, -0.15) is 0 Å². The van der Waals surface area contributed by atoms with Crippen LogP contribution in [0.25, 0.3) is 10.8 Å². The lowest BCUT2D eigenvalue weighted by Crippen LogP contribution is -2.25. The molecule has 4 rings (SSSR count). The molecule has 0 aliphatic heterocycles. The summed E-state index contributed by atoms with van der Waals surface area (Å²) in [4.78, 5) is 0. The van der Waals surface area contributed by atoms with Gasteiger partial charge in [-0.3, -0.25) is 0 Å². The number of phenols is 1. The van der Waals surface area contributed by atoms with Crippen LogP contribution in [0.5, 0.6) is 5.75 Å². The van der Waals surface area contributed by atoms with Crippen LogP contribution in [0.3, 0.4) is 0 Å². The van der Waals surface area contributed by atoms with E-state index in [1.165, 1.54) is 75.8 Å². The highest BCUT2D eigenvalue weighted by Gasteiger charge is 2.31. The number of hydrogen-bond donors (Lipinski definition) is 1. The summed E-state index contributed by atoms with van der Waals surface area (Å²) in [5.41, 5.74) is 1.35. The van der Waals surface area contributed by atoms with Crippen molar-refractivity contribution in [2.75, 3.05) is 0 Å². The van der Waals surface area contributed by atoms with E-state index in [9.17, 15) is 9.50 Å². The molecule has 1 nitrogen and oxygen atoms in total. The van der Waals surface area contributed by atoms with Crippen LogP contribution >= 0.6 is 0 Å². The van der Waals surface area contributed by atoms with Crippen LogP contribution in [0.1, 0.15) is 82.6 Å². The van der Waals surface area contributed by atoms with E-state index in [0.29, 0.717) is 11.3 Å². The largest absolute Gasteiger partial charge is 0.505 e. The van der Waals surface area contributed by atoms with Crippen LogP contribution < -0.4 is 0 Å². The fourth-order valence-corrected chi connectivity index (χ4v) is 5.83. The van der Waals surface area contributed by atoms with Crippen LogP contribution in [0, 0.1) is 23.6 Å². The Bertz CT molecular complexity index is 767. The van der Waals surface area contributed by atoms with E-state index in [1.807, 2.05) is 12.1 Å². The third-order valence-electron chi connectivity index (χ3n) is 7.46. The summed E-state index contributed by atoms with van der Waals surface area (Å²) in [5.74, 6) is 2.75. The van der Waals surface area contributed by atoms with Gasteiger partial charge in [-0.15, -0.1) is 0 Å². The smallest absolute Gasteiger partial charge is 0.172 e. The molecule has 2 aromatic carbocycles. The van der Waals surface area contributed by atoms with Crippen LogP contribution in [0.4, 0.5) is 4.39 Å². The maximum absolute atomic E-state index is 14.1. The minimum Gasteiger partial charge on any atom is -0.505 e. The number of benzene rings is 2. The maximum atomic E-state index is 14.1. The van der Waals surface area contributed by atoms with E-state index in [4.69, 9.17) is 0 Å². The molecule has 0 spiro atoms. The molecule has 0 unspecified atom stereocenters. The molecule has 0 amide bonds. The molecule has 27 heavy (non-hydrogen) atoms. The Morgan fingerprint density at radius 3 is 2.22 bits per heavy atom. The SMILES string of the molecule is CCCC1CCC(C2CCC(c3ccc4c(F)c(O)ccc4c3)CC2)CC1. The number of halogens is 1. The van der Waals surface area contributed by atoms with Gasteiger partial charge in [0.05, 0.1) is 0 Å². The Kier molecular flexibility index (Phi) is 5.71. The Hall–Kier alpha value is -1.57. The number of aromatic hydroxyl groups is 1. The van der Waals surface area contributed by atoms with Gasteiger partial charge in [0.25, 0.3) is 0 Å². The molecule has 2 fully saturated rings. The fourth-order valence-electron chi connectivity index (χ4n) is 5.83. The molecule has 0 aromatic heterocycles. The minimum absolute atomic E-state index is 0.260. The Morgan fingerprint density at radius 2 is 1.56 bits per heavy atom. The van der Waals surface area contributed by atoms with Crippen molar-refractivity contribution < 1.29 is 9.50 Å². The number of hydrogen-bond acceptors (Lipinski definition) is 1. The van der Waals surface area contributed by atoms with Crippen molar-refractivity contribution in [3.05, 3.63) is 41.7 Å². The van der Waals surface area contributed by atoms with E-state index < -0.39 is 5.82 Å². The molecule has 2 aliphatic rings. The Balaban J connectivity index is 1.37. The van der Waals surface area contributed by atoms with Gasteiger partial charge in [0.1, 0.15) is 0 Å². The predicted molar refractivity (Wildman–Crippen MR) is 111 cm³/mol. The third-order valence-corrected chi connectivity index (χ3v) is 7.46. The molecule has 146 valence electrons.